The molecule has 0 atom stereocenters. The molecule has 1 aromatic heterocycles. The molecule has 2 spiro atoms. The second kappa shape index (κ2) is 12.9. The molecule has 2 aromatic rings. The Hall–Kier alpha value is -2.63. The Morgan fingerprint density at radius 1 is 1.04 bits per heavy atom. The summed E-state index contributed by atoms with van der Waals surface area (Å²) in [6, 6.07) is 2.61. The van der Waals surface area contributed by atoms with Crippen molar-refractivity contribution >= 4 is 46.8 Å². The molecular formula is C37H52Cl2N8O2. The highest BCUT2D eigenvalue weighted by Crippen LogP contribution is 2.56. The molecule has 12 heteroatoms. The second-order valence-corrected chi connectivity index (χ2v) is 17.2. The number of nitrogens with two attached hydrogens (primary N) is 1. The van der Waals surface area contributed by atoms with Gasteiger partial charge in [-0.2, -0.15) is 5.10 Å². The van der Waals surface area contributed by atoms with Crippen molar-refractivity contribution in [2.75, 3.05) is 76.7 Å². The van der Waals surface area contributed by atoms with Crippen LogP contribution in [0.25, 0.3) is 11.1 Å². The van der Waals surface area contributed by atoms with Crippen molar-refractivity contribution in [2.24, 2.45) is 10.8 Å². The van der Waals surface area contributed by atoms with Gasteiger partial charge in [0.1, 0.15) is 0 Å². The zero-order chi connectivity index (χ0) is 34.9. The van der Waals surface area contributed by atoms with Crippen LogP contribution >= 0.6 is 23.2 Å². The molecule has 0 radical (unpaired) electrons. The summed E-state index contributed by atoms with van der Waals surface area (Å²) in [6.07, 6.45) is 9.35. The van der Waals surface area contributed by atoms with E-state index < -0.39 is 0 Å². The van der Waals surface area contributed by atoms with Gasteiger partial charge in [-0.25, -0.2) is 0 Å². The maximum absolute atomic E-state index is 11.9. The first-order valence-corrected chi connectivity index (χ1v) is 18.6. The minimum absolute atomic E-state index is 0.00334. The van der Waals surface area contributed by atoms with Crippen LogP contribution in [0.3, 0.4) is 0 Å². The molecule has 8 rings (SSSR count). The van der Waals surface area contributed by atoms with Gasteiger partial charge in [-0.05, 0) is 85.0 Å². The number of benzene rings is 1. The molecule has 1 aromatic carbocycles. The molecule has 0 unspecified atom stereocenters. The summed E-state index contributed by atoms with van der Waals surface area (Å²) in [5, 5.41) is 14.1. The largest absolute Gasteiger partial charge is 0.398 e. The number of piperidine rings is 1. The molecule has 1 aliphatic carbocycles. The van der Waals surface area contributed by atoms with Gasteiger partial charge in [-0.3, -0.25) is 14.4 Å². The van der Waals surface area contributed by atoms with E-state index in [-0.39, 0.29) is 22.9 Å². The number of carbonyl (C=O) groups is 1. The van der Waals surface area contributed by atoms with Crippen molar-refractivity contribution in [3.8, 4) is 11.1 Å². The quantitative estimate of drug-likeness (QED) is 0.219. The second-order valence-electron chi connectivity index (χ2n) is 16.4. The number of nitrogen functional groups attached to an aromatic ring is 1. The Balaban J connectivity index is 0.000000240. The normalized spacial score (nSPS) is 24.4. The number of likely N-dealkylation sites (tertiary alicyclic amines) is 3. The maximum Gasteiger partial charge on any atom is 0.245 e. The molecular weight excluding hydrogens is 659 g/mol. The van der Waals surface area contributed by atoms with Gasteiger partial charge in [0.25, 0.3) is 0 Å². The van der Waals surface area contributed by atoms with Gasteiger partial charge in [0, 0.05) is 89.9 Å². The summed E-state index contributed by atoms with van der Waals surface area (Å²) in [5.74, 6) is 0.880. The van der Waals surface area contributed by atoms with E-state index >= 15 is 0 Å². The van der Waals surface area contributed by atoms with E-state index in [1.54, 1.807) is 6.07 Å². The Bertz CT molecular complexity index is 1630. The third kappa shape index (κ3) is 6.09. The summed E-state index contributed by atoms with van der Waals surface area (Å²) >= 11 is 13.3. The number of rotatable bonds is 6. The predicted molar refractivity (Wildman–Crippen MR) is 198 cm³/mol. The number of aromatic nitrogens is 2. The van der Waals surface area contributed by atoms with Crippen LogP contribution in [0, 0.1) is 23.2 Å². The maximum atomic E-state index is 11.9. The van der Waals surface area contributed by atoms with Crippen LogP contribution in [-0.4, -0.2) is 114 Å². The number of amides is 1. The number of hydrogen-bond donors (Lipinski definition) is 2. The number of hydrogen-bond acceptors (Lipinski definition) is 8. The number of nitrogens with zero attached hydrogens (tertiary/aromatic N) is 6. The first-order chi connectivity index (χ1) is 23.3. The van der Waals surface area contributed by atoms with E-state index in [0.29, 0.717) is 32.3 Å². The lowest BCUT2D eigenvalue weighted by Gasteiger charge is -2.58. The Morgan fingerprint density at radius 3 is 2.35 bits per heavy atom. The lowest BCUT2D eigenvalue weighted by molar-refractivity contribution is -0.149. The molecule has 10 nitrogen and oxygen atoms in total. The van der Waals surface area contributed by atoms with Crippen molar-refractivity contribution < 1.29 is 9.53 Å². The molecule has 1 saturated carbocycles. The molecule has 266 valence electrons. The third-order valence-electron chi connectivity index (χ3n) is 12.3. The summed E-state index contributed by atoms with van der Waals surface area (Å²) in [6.45, 7) is 19.9. The summed E-state index contributed by atoms with van der Waals surface area (Å²) < 4.78 is 7.37. The Morgan fingerprint density at radius 2 is 1.76 bits per heavy atom. The third-order valence-corrected chi connectivity index (χ3v) is 13.0. The van der Waals surface area contributed by atoms with Gasteiger partial charge in [0.05, 0.1) is 35.3 Å². The van der Waals surface area contributed by atoms with Gasteiger partial charge in [0.15, 0.2) is 5.82 Å². The summed E-state index contributed by atoms with van der Waals surface area (Å²) in [7, 11) is 2.22. The molecule has 6 aliphatic rings. The molecule has 5 saturated heterocycles. The molecule has 3 N–H and O–H groups in total. The first kappa shape index (κ1) is 34.8. The van der Waals surface area contributed by atoms with Gasteiger partial charge in [-0.15, -0.1) is 0 Å². The lowest BCUT2D eigenvalue weighted by atomic mass is 9.60. The van der Waals surface area contributed by atoms with E-state index in [1.165, 1.54) is 51.3 Å². The predicted octanol–water partition coefficient (Wildman–Crippen LogP) is 5.89. The zero-order valence-corrected chi connectivity index (χ0v) is 31.0. The van der Waals surface area contributed by atoms with E-state index in [4.69, 9.17) is 44.2 Å². The first-order valence-electron chi connectivity index (χ1n) is 17.9. The van der Waals surface area contributed by atoms with Crippen LogP contribution in [0.15, 0.2) is 18.7 Å². The molecule has 6 heterocycles. The standard InChI is InChI=1S/C27H34Cl2N6O.C10H18N2O/c1-5-21(36)33-14-27(15-33)11-17(12-27)35-16(2)22(23-18(13-30)20(31)10-19(28)24(23)29)25(32-35)34-9-7-6-8-26(34,3)4;1-11-6-10(7-11)2-3-12(8-10)9-4-13-5-9/h5,10,13,17,30H,1,6-9,11-12,14-15,31H2,2-4H3;9H,2-8H2,1H3. The lowest BCUT2D eigenvalue weighted by Crippen LogP contribution is -2.63. The average Bonchev–Trinajstić information content (AvgIpc) is 3.54. The summed E-state index contributed by atoms with van der Waals surface area (Å²) in [4.78, 5) is 21.3. The van der Waals surface area contributed by atoms with E-state index in [9.17, 15) is 4.79 Å². The number of nitrogens with one attached hydrogen (secondary N) is 1. The van der Waals surface area contributed by atoms with Gasteiger partial charge < -0.3 is 30.6 Å². The van der Waals surface area contributed by atoms with E-state index in [2.05, 4.69) is 53.8 Å². The van der Waals surface area contributed by atoms with E-state index in [0.717, 1.165) is 81.6 Å². The zero-order valence-electron chi connectivity index (χ0n) is 29.5. The van der Waals surface area contributed by atoms with Crippen molar-refractivity contribution in [3.63, 3.8) is 0 Å². The van der Waals surface area contributed by atoms with Crippen molar-refractivity contribution in [2.45, 2.75) is 76.9 Å². The van der Waals surface area contributed by atoms with Crippen molar-refractivity contribution in [1.82, 2.24) is 24.5 Å². The minimum Gasteiger partial charge on any atom is -0.398 e. The fraction of sp³-hybridized carbons (Fsp3) is 0.649. The topological polar surface area (TPSA) is 107 Å². The number of anilines is 2. The molecule has 1 amide bonds. The van der Waals surface area contributed by atoms with Gasteiger partial charge in [-0.1, -0.05) is 29.8 Å². The minimum atomic E-state index is -0.0690. The number of ether oxygens (including phenoxy) is 1. The highest BCUT2D eigenvalue weighted by molar-refractivity contribution is 6.44. The number of carbonyl (C=O) groups excluding carboxylic acids is 1. The molecule has 49 heavy (non-hydrogen) atoms. The SMILES string of the molecule is C=CC(=O)N1CC2(CC(n3nc(N4CCCCC4(C)C)c(-c4c(Cl)c(Cl)cc(N)c4C=N)c3C)C2)C1.CN1CC2(CCN(C3COC3)C2)C1. The monoisotopic (exact) mass is 710 g/mol. The van der Waals surface area contributed by atoms with E-state index in [1.807, 2.05) is 4.90 Å². The Labute approximate surface area is 301 Å². The fourth-order valence-electron chi connectivity index (χ4n) is 9.55. The fourth-order valence-corrected chi connectivity index (χ4v) is 10.0. The van der Waals surface area contributed by atoms with Crippen LogP contribution < -0.4 is 10.6 Å². The van der Waals surface area contributed by atoms with Crippen LogP contribution in [0.2, 0.25) is 10.0 Å². The smallest absolute Gasteiger partial charge is 0.245 e. The molecule has 0 bridgehead atoms. The number of halogens is 2. The Kier molecular flexibility index (Phi) is 9.13. The van der Waals surface area contributed by atoms with Crippen LogP contribution in [-0.2, 0) is 9.53 Å². The van der Waals surface area contributed by atoms with Crippen LogP contribution in [0.4, 0.5) is 11.5 Å². The van der Waals surface area contributed by atoms with Crippen LogP contribution in [0.5, 0.6) is 0 Å². The molecule has 6 fully saturated rings. The average molecular weight is 712 g/mol. The van der Waals surface area contributed by atoms with Crippen molar-refractivity contribution in [1.29, 1.82) is 5.41 Å². The molecule has 5 aliphatic heterocycles. The highest BCUT2D eigenvalue weighted by Gasteiger charge is 2.55. The van der Waals surface area contributed by atoms with Crippen molar-refractivity contribution in [3.05, 3.63) is 40.0 Å². The highest BCUT2D eigenvalue weighted by atomic mass is 35.5. The summed E-state index contributed by atoms with van der Waals surface area (Å²) in [5.41, 5.74) is 10.6. The van der Waals surface area contributed by atoms with Gasteiger partial charge in [0.2, 0.25) is 5.91 Å². The van der Waals surface area contributed by atoms with Gasteiger partial charge >= 0.3 is 0 Å². The van der Waals surface area contributed by atoms with Crippen LogP contribution in [0.1, 0.15) is 69.7 Å².